The highest BCUT2D eigenvalue weighted by Gasteiger charge is 2.41. The Morgan fingerprint density at radius 1 is 1.07 bits per heavy atom. The number of rotatable bonds is 5. The predicted molar refractivity (Wildman–Crippen MR) is 115 cm³/mol. The number of aryl methyl sites for hydroxylation is 1. The first-order chi connectivity index (χ1) is 13.8. The van der Waals surface area contributed by atoms with Crippen LogP contribution in [0, 0.1) is 0 Å². The maximum Gasteiger partial charge on any atom is 0.262 e. The van der Waals surface area contributed by atoms with E-state index in [-0.39, 0.29) is 17.0 Å². The van der Waals surface area contributed by atoms with Gasteiger partial charge in [0.1, 0.15) is 0 Å². The number of halogens is 2. The van der Waals surface area contributed by atoms with Crippen LogP contribution in [0.2, 0.25) is 10.0 Å². The van der Waals surface area contributed by atoms with Gasteiger partial charge in [0.05, 0.1) is 16.4 Å². The molecule has 4 rings (SSSR count). The molecule has 2 atom stereocenters. The Balaban J connectivity index is 1.65. The van der Waals surface area contributed by atoms with Gasteiger partial charge in [0.2, 0.25) is 0 Å². The molecule has 0 aliphatic carbocycles. The van der Waals surface area contributed by atoms with Gasteiger partial charge in [-0.3, -0.25) is 0 Å². The fourth-order valence-electron chi connectivity index (χ4n) is 3.60. The van der Waals surface area contributed by atoms with Gasteiger partial charge in [-0.05, 0) is 23.8 Å². The van der Waals surface area contributed by atoms with Gasteiger partial charge in [0.15, 0.2) is 5.03 Å². The molecule has 2 unspecified atom stereocenters. The first-order valence-corrected chi connectivity index (χ1v) is 11.3. The minimum Gasteiger partial charge on any atom is -0.380 e. The van der Waals surface area contributed by atoms with E-state index in [1.165, 1.54) is 16.8 Å². The van der Waals surface area contributed by atoms with Crippen LogP contribution in [0.25, 0.3) is 0 Å². The van der Waals surface area contributed by atoms with Crippen molar-refractivity contribution in [1.29, 1.82) is 0 Å². The standard InChI is InChI=1S/C20H20Cl2N4O2S/c1-25-12-20(23-13-25)29(27,28)26-10-16(14-5-3-2-4-6-14)19(11-26)24-15-7-8-17(21)18(22)9-15/h2-9,12-13,16,19,24H,10-11H2,1H3. The summed E-state index contributed by atoms with van der Waals surface area (Å²) in [7, 11) is -1.94. The maximum atomic E-state index is 13.1. The fourth-order valence-corrected chi connectivity index (χ4v) is 5.36. The second-order valence-corrected chi connectivity index (χ2v) is 9.80. The van der Waals surface area contributed by atoms with Crippen LogP contribution in [0.5, 0.6) is 0 Å². The molecule has 1 saturated heterocycles. The average molecular weight is 451 g/mol. The molecule has 0 bridgehead atoms. The predicted octanol–water partition coefficient (Wildman–Crippen LogP) is 4.00. The lowest BCUT2D eigenvalue weighted by Gasteiger charge is -2.21. The van der Waals surface area contributed by atoms with Gasteiger partial charge in [-0.15, -0.1) is 0 Å². The number of aromatic nitrogens is 2. The lowest BCUT2D eigenvalue weighted by molar-refractivity contribution is 0.468. The van der Waals surface area contributed by atoms with E-state index in [1.807, 2.05) is 36.4 Å². The Hall–Kier alpha value is -2.06. The Bertz CT molecular complexity index is 1120. The van der Waals surface area contributed by atoms with Gasteiger partial charge in [-0.1, -0.05) is 53.5 Å². The number of hydrogen-bond donors (Lipinski definition) is 1. The summed E-state index contributed by atoms with van der Waals surface area (Å²) in [6.07, 6.45) is 3.01. The largest absolute Gasteiger partial charge is 0.380 e. The quantitative estimate of drug-likeness (QED) is 0.637. The molecule has 0 spiro atoms. The number of hydrogen-bond acceptors (Lipinski definition) is 4. The van der Waals surface area contributed by atoms with Crippen LogP contribution in [-0.4, -0.2) is 41.4 Å². The van der Waals surface area contributed by atoms with E-state index < -0.39 is 10.0 Å². The molecule has 29 heavy (non-hydrogen) atoms. The van der Waals surface area contributed by atoms with Crippen LogP contribution in [0.15, 0.2) is 66.1 Å². The number of benzene rings is 2. The zero-order chi connectivity index (χ0) is 20.6. The first-order valence-electron chi connectivity index (χ1n) is 9.09. The summed E-state index contributed by atoms with van der Waals surface area (Å²) < 4.78 is 29.3. The van der Waals surface area contributed by atoms with Gasteiger partial charge in [0.25, 0.3) is 10.0 Å². The van der Waals surface area contributed by atoms with Crippen molar-refractivity contribution in [1.82, 2.24) is 13.9 Å². The van der Waals surface area contributed by atoms with E-state index in [2.05, 4.69) is 10.3 Å². The third-order valence-electron chi connectivity index (χ3n) is 5.07. The minimum absolute atomic E-state index is 0.0239. The summed E-state index contributed by atoms with van der Waals surface area (Å²) in [4.78, 5) is 4.04. The molecular formula is C20H20Cl2N4O2S. The van der Waals surface area contributed by atoms with Crippen molar-refractivity contribution in [2.45, 2.75) is 17.0 Å². The summed E-state index contributed by atoms with van der Waals surface area (Å²) in [5.74, 6) is -0.0239. The Morgan fingerprint density at radius 3 is 2.48 bits per heavy atom. The number of sulfonamides is 1. The van der Waals surface area contributed by atoms with E-state index >= 15 is 0 Å². The zero-order valence-electron chi connectivity index (χ0n) is 15.7. The lowest BCUT2D eigenvalue weighted by Crippen LogP contribution is -2.32. The van der Waals surface area contributed by atoms with E-state index in [9.17, 15) is 8.42 Å². The Labute approximate surface area is 180 Å². The van der Waals surface area contributed by atoms with Gasteiger partial charge in [-0.2, -0.15) is 4.31 Å². The number of anilines is 1. The number of imidazole rings is 1. The van der Waals surface area contributed by atoms with Gasteiger partial charge in [-0.25, -0.2) is 13.4 Å². The van der Waals surface area contributed by atoms with Crippen LogP contribution in [0.1, 0.15) is 11.5 Å². The first kappa shape index (κ1) is 20.2. The number of nitrogens with zero attached hydrogens (tertiary/aromatic N) is 3. The Morgan fingerprint density at radius 2 is 1.83 bits per heavy atom. The third kappa shape index (κ3) is 4.14. The molecule has 1 aliphatic rings. The van der Waals surface area contributed by atoms with E-state index in [1.54, 1.807) is 23.7 Å². The molecule has 0 radical (unpaired) electrons. The molecule has 3 aromatic rings. The summed E-state index contributed by atoms with van der Waals surface area (Å²) >= 11 is 12.2. The average Bonchev–Trinajstić information content (AvgIpc) is 3.33. The summed E-state index contributed by atoms with van der Waals surface area (Å²) in [5.41, 5.74) is 1.87. The van der Waals surface area contributed by atoms with Gasteiger partial charge in [0, 0.05) is 44.0 Å². The van der Waals surface area contributed by atoms with Crippen molar-refractivity contribution >= 4 is 38.9 Å². The van der Waals surface area contributed by atoms with Crippen LogP contribution in [0.3, 0.4) is 0 Å². The molecule has 0 saturated carbocycles. The van der Waals surface area contributed by atoms with Crippen LogP contribution in [0.4, 0.5) is 5.69 Å². The molecule has 1 aromatic heterocycles. The normalized spacial score (nSPS) is 20.1. The zero-order valence-corrected chi connectivity index (χ0v) is 18.0. The molecule has 9 heteroatoms. The molecule has 1 N–H and O–H groups in total. The molecule has 2 heterocycles. The van der Waals surface area contributed by atoms with Crippen LogP contribution < -0.4 is 5.32 Å². The molecule has 1 aliphatic heterocycles. The highest BCUT2D eigenvalue weighted by molar-refractivity contribution is 7.89. The number of nitrogens with one attached hydrogen (secondary N) is 1. The van der Waals surface area contributed by atoms with Gasteiger partial charge >= 0.3 is 0 Å². The second-order valence-electron chi connectivity index (χ2n) is 7.10. The summed E-state index contributed by atoms with van der Waals surface area (Å²) in [5, 5.41) is 4.42. The summed E-state index contributed by atoms with van der Waals surface area (Å²) in [6.45, 7) is 0.681. The molecular weight excluding hydrogens is 431 g/mol. The SMILES string of the molecule is Cn1cnc(S(=O)(=O)N2CC(Nc3ccc(Cl)c(Cl)c3)C(c3ccccc3)C2)c1. The molecule has 1 fully saturated rings. The maximum absolute atomic E-state index is 13.1. The molecule has 6 nitrogen and oxygen atoms in total. The fraction of sp³-hybridized carbons (Fsp3) is 0.250. The monoisotopic (exact) mass is 450 g/mol. The molecule has 2 aromatic carbocycles. The second kappa shape index (κ2) is 7.99. The van der Waals surface area contributed by atoms with Crippen molar-refractivity contribution < 1.29 is 8.42 Å². The highest BCUT2D eigenvalue weighted by Crippen LogP contribution is 2.34. The molecule has 152 valence electrons. The van der Waals surface area contributed by atoms with E-state index in [0.717, 1.165) is 11.3 Å². The smallest absolute Gasteiger partial charge is 0.262 e. The third-order valence-corrected chi connectivity index (χ3v) is 7.53. The topological polar surface area (TPSA) is 67.2 Å². The minimum atomic E-state index is -3.68. The van der Waals surface area contributed by atoms with Crippen molar-refractivity contribution in [2.24, 2.45) is 7.05 Å². The molecule has 0 amide bonds. The summed E-state index contributed by atoms with van der Waals surface area (Å²) in [6, 6.07) is 15.1. The van der Waals surface area contributed by atoms with Crippen molar-refractivity contribution in [3.8, 4) is 0 Å². The van der Waals surface area contributed by atoms with Crippen molar-refractivity contribution in [3.05, 3.63) is 76.7 Å². The van der Waals surface area contributed by atoms with E-state index in [0.29, 0.717) is 23.1 Å². The Kier molecular flexibility index (Phi) is 5.57. The van der Waals surface area contributed by atoms with E-state index in [4.69, 9.17) is 23.2 Å². The van der Waals surface area contributed by atoms with Crippen LogP contribution in [-0.2, 0) is 17.1 Å². The van der Waals surface area contributed by atoms with Crippen LogP contribution >= 0.6 is 23.2 Å². The van der Waals surface area contributed by atoms with Crippen molar-refractivity contribution in [2.75, 3.05) is 18.4 Å². The van der Waals surface area contributed by atoms with Gasteiger partial charge < -0.3 is 9.88 Å². The lowest BCUT2D eigenvalue weighted by atomic mass is 9.94. The van der Waals surface area contributed by atoms with Crippen molar-refractivity contribution in [3.63, 3.8) is 0 Å². The highest BCUT2D eigenvalue weighted by atomic mass is 35.5.